The van der Waals surface area contributed by atoms with Gasteiger partial charge in [0.25, 0.3) is 0 Å². The van der Waals surface area contributed by atoms with Crippen molar-refractivity contribution < 1.29 is 14.6 Å². The Bertz CT molecular complexity index is 317. The second-order valence-electron chi connectivity index (χ2n) is 4.79. The van der Waals surface area contributed by atoms with Crippen LogP contribution in [0, 0.1) is 0 Å². The van der Waals surface area contributed by atoms with Crippen molar-refractivity contribution in [1.82, 2.24) is 5.32 Å². The molecule has 4 nitrogen and oxygen atoms in total. The lowest BCUT2D eigenvalue weighted by Gasteiger charge is -2.16. The Kier molecular flexibility index (Phi) is 8.25. The van der Waals surface area contributed by atoms with Crippen LogP contribution in [0.25, 0.3) is 0 Å². The summed E-state index contributed by atoms with van der Waals surface area (Å²) in [5.41, 5.74) is 0. The molecule has 0 saturated carbocycles. The van der Waals surface area contributed by atoms with Crippen molar-refractivity contribution >= 4 is 11.3 Å². The summed E-state index contributed by atoms with van der Waals surface area (Å²) >= 11 is 1.72. The van der Waals surface area contributed by atoms with Crippen molar-refractivity contribution in [2.45, 2.75) is 39.0 Å². The highest BCUT2D eigenvalue weighted by molar-refractivity contribution is 7.10. The van der Waals surface area contributed by atoms with Gasteiger partial charge in [0.05, 0.1) is 32.0 Å². The molecule has 1 rings (SSSR count). The first-order valence-corrected chi connectivity index (χ1v) is 7.61. The Hall–Kier alpha value is -0.460. The Labute approximate surface area is 119 Å². The summed E-state index contributed by atoms with van der Waals surface area (Å²) in [6.45, 7) is 8.04. The van der Waals surface area contributed by atoms with Crippen LogP contribution in [-0.4, -0.2) is 43.7 Å². The zero-order chi connectivity index (χ0) is 14.1. The molecule has 2 atom stereocenters. The molecule has 0 aliphatic carbocycles. The zero-order valence-corrected chi connectivity index (χ0v) is 12.8. The van der Waals surface area contributed by atoms with Gasteiger partial charge in [0.2, 0.25) is 0 Å². The van der Waals surface area contributed by atoms with E-state index >= 15 is 0 Å². The standard InChI is InChI=1S/C14H25NO3S/c1-11(2)18-7-6-17-10-13(16)9-15-12(3)14-5-4-8-19-14/h4-5,8,11-13,15-16H,6-7,9-10H2,1-3H3/t12-,13?/m1/s1. The molecule has 1 aromatic rings. The maximum absolute atomic E-state index is 9.78. The summed E-state index contributed by atoms with van der Waals surface area (Å²) in [4.78, 5) is 1.28. The van der Waals surface area contributed by atoms with Crippen LogP contribution in [0.5, 0.6) is 0 Å². The van der Waals surface area contributed by atoms with E-state index in [1.165, 1.54) is 4.88 Å². The van der Waals surface area contributed by atoms with E-state index in [0.29, 0.717) is 26.4 Å². The van der Waals surface area contributed by atoms with E-state index in [-0.39, 0.29) is 12.1 Å². The lowest BCUT2D eigenvalue weighted by molar-refractivity contribution is -0.0104. The number of ether oxygens (including phenoxy) is 2. The number of aliphatic hydroxyl groups is 1. The first-order valence-electron chi connectivity index (χ1n) is 6.73. The molecule has 2 N–H and O–H groups in total. The molecule has 1 aromatic heterocycles. The van der Waals surface area contributed by atoms with Crippen molar-refractivity contribution in [3.05, 3.63) is 22.4 Å². The highest BCUT2D eigenvalue weighted by Gasteiger charge is 2.09. The van der Waals surface area contributed by atoms with Crippen LogP contribution in [0.15, 0.2) is 17.5 Å². The highest BCUT2D eigenvalue weighted by Crippen LogP contribution is 2.17. The average Bonchev–Trinajstić information content (AvgIpc) is 2.89. The topological polar surface area (TPSA) is 50.7 Å². The fraction of sp³-hybridized carbons (Fsp3) is 0.714. The van der Waals surface area contributed by atoms with Crippen molar-refractivity contribution in [2.75, 3.05) is 26.4 Å². The van der Waals surface area contributed by atoms with Gasteiger partial charge in [-0.25, -0.2) is 0 Å². The number of hydrogen-bond acceptors (Lipinski definition) is 5. The number of thiophene rings is 1. The van der Waals surface area contributed by atoms with E-state index in [4.69, 9.17) is 9.47 Å². The Balaban J connectivity index is 2.03. The molecule has 1 unspecified atom stereocenters. The van der Waals surface area contributed by atoms with Crippen LogP contribution >= 0.6 is 11.3 Å². The van der Waals surface area contributed by atoms with E-state index in [1.807, 2.05) is 19.9 Å². The fourth-order valence-electron chi connectivity index (χ4n) is 1.57. The van der Waals surface area contributed by atoms with Crippen LogP contribution < -0.4 is 5.32 Å². The molecule has 0 bridgehead atoms. The largest absolute Gasteiger partial charge is 0.389 e. The number of nitrogens with one attached hydrogen (secondary N) is 1. The lowest BCUT2D eigenvalue weighted by atomic mass is 10.2. The lowest BCUT2D eigenvalue weighted by Crippen LogP contribution is -2.32. The van der Waals surface area contributed by atoms with Gasteiger partial charge in [-0.2, -0.15) is 0 Å². The van der Waals surface area contributed by atoms with Crippen LogP contribution in [0.2, 0.25) is 0 Å². The van der Waals surface area contributed by atoms with Gasteiger partial charge in [0, 0.05) is 17.5 Å². The SMILES string of the molecule is CC(C)OCCOCC(O)CN[C@H](C)c1cccs1. The van der Waals surface area contributed by atoms with Crippen LogP contribution in [0.4, 0.5) is 0 Å². The summed E-state index contributed by atoms with van der Waals surface area (Å²) in [5.74, 6) is 0. The summed E-state index contributed by atoms with van der Waals surface area (Å²) < 4.78 is 10.7. The normalized spacial score (nSPS) is 14.8. The summed E-state index contributed by atoms with van der Waals surface area (Å²) in [7, 11) is 0. The molecule has 5 heteroatoms. The third kappa shape index (κ3) is 7.64. The molecule has 0 spiro atoms. The van der Waals surface area contributed by atoms with Crippen molar-refractivity contribution in [1.29, 1.82) is 0 Å². The summed E-state index contributed by atoms with van der Waals surface area (Å²) in [5, 5.41) is 15.1. The first-order chi connectivity index (χ1) is 9.09. The molecule has 110 valence electrons. The fourth-order valence-corrected chi connectivity index (χ4v) is 2.33. The van der Waals surface area contributed by atoms with E-state index in [2.05, 4.69) is 23.7 Å². The van der Waals surface area contributed by atoms with E-state index < -0.39 is 6.10 Å². The molecule has 1 heterocycles. The third-order valence-corrected chi connectivity index (χ3v) is 3.67. The number of aliphatic hydroxyl groups excluding tert-OH is 1. The Morgan fingerprint density at radius 3 is 2.74 bits per heavy atom. The molecule has 0 aromatic carbocycles. The minimum absolute atomic E-state index is 0.224. The molecule has 0 aliphatic heterocycles. The van der Waals surface area contributed by atoms with Crippen molar-refractivity contribution in [2.24, 2.45) is 0 Å². The maximum atomic E-state index is 9.78. The van der Waals surface area contributed by atoms with Crippen LogP contribution in [-0.2, 0) is 9.47 Å². The van der Waals surface area contributed by atoms with Gasteiger partial charge in [-0.15, -0.1) is 11.3 Å². The van der Waals surface area contributed by atoms with Crippen LogP contribution in [0.1, 0.15) is 31.7 Å². The maximum Gasteiger partial charge on any atom is 0.0897 e. The minimum atomic E-state index is -0.485. The molecule has 0 radical (unpaired) electrons. The van der Waals surface area contributed by atoms with Gasteiger partial charge < -0.3 is 19.9 Å². The quantitative estimate of drug-likeness (QED) is 0.648. The highest BCUT2D eigenvalue weighted by atomic mass is 32.1. The van der Waals surface area contributed by atoms with Crippen LogP contribution in [0.3, 0.4) is 0 Å². The number of rotatable bonds is 10. The minimum Gasteiger partial charge on any atom is -0.389 e. The second kappa shape index (κ2) is 9.44. The molecular formula is C14H25NO3S. The van der Waals surface area contributed by atoms with E-state index in [1.54, 1.807) is 11.3 Å². The molecular weight excluding hydrogens is 262 g/mol. The molecule has 0 aliphatic rings. The monoisotopic (exact) mass is 287 g/mol. The van der Waals surface area contributed by atoms with E-state index in [9.17, 15) is 5.11 Å². The summed E-state index contributed by atoms with van der Waals surface area (Å²) in [6, 6.07) is 4.39. The van der Waals surface area contributed by atoms with E-state index in [0.717, 1.165) is 0 Å². The van der Waals surface area contributed by atoms with Gasteiger partial charge in [-0.1, -0.05) is 6.07 Å². The predicted molar refractivity (Wildman–Crippen MR) is 78.7 cm³/mol. The van der Waals surface area contributed by atoms with Gasteiger partial charge >= 0.3 is 0 Å². The smallest absolute Gasteiger partial charge is 0.0897 e. The van der Waals surface area contributed by atoms with Gasteiger partial charge in [0.15, 0.2) is 0 Å². The Morgan fingerprint density at radius 1 is 1.32 bits per heavy atom. The third-order valence-electron chi connectivity index (χ3n) is 2.62. The van der Waals surface area contributed by atoms with Crippen molar-refractivity contribution in [3.8, 4) is 0 Å². The second-order valence-corrected chi connectivity index (χ2v) is 5.77. The average molecular weight is 287 g/mol. The van der Waals surface area contributed by atoms with Gasteiger partial charge in [0.1, 0.15) is 0 Å². The first kappa shape index (κ1) is 16.6. The van der Waals surface area contributed by atoms with Gasteiger partial charge in [-0.3, -0.25) is 0 Å². The Morgan fingerprint density at radius 2 is 2.11 bits per heavy atom. The molecule has 19 heavy (non-hydrogen) atoms. The van der Waals surface area contributed by atoms with Gasteiger partial charge in [-0.05, 0) is 32.2 Å². The number of hydrogen-bond donors (Lipinski definition) is 2. The summed E-state index contributed by atoms with van der Waals surface area (Å²) in [6.07, 6.45) is -0.261. The molecule has 0 fully saturated rings. The zero-order valence-electron chi connectivity index (χ0n) is 12.0. The predicted octanol–water partition coefficient (Wildman–Crippen LogP) is 2.20. The van der Waals surface area contributed by atoms with Crippen molar-refractivity contribution in [3.63, 3.8) is 0 Å². The molecule has 0 amide bonds. The molecule has 0 saturated heterocycles.